The van der Waals surface area contributed by atoms with E-state index in [2.05, 4.69) is 5.32 Å². The Labute approximate surface area is 238 Å². The van der Waals surface area contributed by atoms with Crippen molar-refractivity contribution in [2.24, 2.45) is 5.92 Å². The highest BCUT2D eigenvalue weighted by molar-refractivity contribution is 6.07. The number of amides is 3. The highest BCUT2D eigenvalue weighted by atomic mass is 16.3. The van der Waals surface area contributed by atoms with Crippen molar-refractivity contribution >= 4 is 34.8 Å². The average Bonchev–Trinajstić information content (AvgIpc) is 3.25. The molecule has 0 saturated heterocycles. The Morgan fingerprint density at radius 3 is 2.56 bits per heavy atom. The van der Waals surface area contributed by atoms with Crippen molar-refractivity contribution in [3.8, 4) is 0 Å². The van der Waals surface area contributed by atoms with Gasteiger partial charge >= 0.3 is 0 Å². The number of fused-ring (bicyclic) bond motifs is 3. The zero-order valence-corrected chi connectivity index (χ0v) is 22.9. The number of anilines is 3. The van der Waals surface area contributed by atoms with Crippen LogP contribution in [-0.4, -0.2) is 45.5 Å². The third-order valence-corrected chi connectivity index (χ3v) is 8.62. The van der Waals surface area contributed by atoms with Gasteiger partial charge in [0.05, 0.1) is 18.3 Å². The molecule has 8 heteroatoms. The number of nitrogens with one attached hydrogen (secondary N) is 1. The van der Waals surface area contributed by atoms with Gasteiger partial charge in [0.2, 0.25) is 11.8 Å². The number of para-hydroxylation sites is 1. The monoisotopic (exact) mass is 551 g/mol. The molecule has 210 valence electrons. The molecule has 0 aliphatic carbocycles. The zero-order valence-electron chi connectivity index (χ0n) is 22.9. The Kier molecular flexibility index (Phi) is 6.97. The van der Waals surface area contributed by atoms with E-state index >= 15 is 0 Å². The Morgan fingerprint density at radius 1 is 1.05 bits per heavy atom. The summed E-state index contributed by atoms with van der Waals surface area (Å²) in [5.74, 6) is -1.38. The van der Waals surface area contributed by atoms with Crippen LogP contribution in [0.15, 0.2) is 78.9 Å². The van der Waals surface area contributed by atoms with Gasteiger partial charge in [-0.05, 0) is 53.8 Å². The number of hydrogen-bond acceptors (Lipinski definition) is 5. The zero-order chi connectivity index (χ0) is 28.7. The van der Waals surface area contributed by atoms with E-state index < -0.39 is 17.4 Å². The van der Waals surface area contributed by atoms with Crippen LogP contribution < -0.4 is 10.2 Å². The first-order valence-electron chi connectivity index (χ1n) is 14.0. The minimum absolute atomic E-state index is 0.0440. The SMILES string of the molecule is C[C@H](/C=C/CC(=O)N1Cc2ccccc2C[C@H]1CO)[C@@]1(O)C(=O)Nc2ccc(N3C(=O)CCc4ccccc43)cc21. The van der Waals surface area contributed by atoms with Crippen LogP contribution in [0.1, 0.15) is 42.0 Å². The van der Waals surface area contributed by atoms with Gasteiger partial charge in [-0.1, -0.05) is 61.5 Å². The van der Waals surface area contributed by atoms with E-state index in [9.17, 15) is 24.6 Å². The minimum Gasteiger partial charge on any atom is -0.394 e. The lowest BCUT2D eigenvalue weighted by Crippen LogP contribution is -2.46. The van der Waals surface area contributed by atoms with Gasteiger partial charge in [-0.25, -0.2) is 0 Å². The van der Waals surface area contributed by atoms with E-state index in [-0.39, 0.29) is 30.9 Å². The van der Waals surface area contributed by atoms with E-state index in [0.717, 1.165) is 22.4 Å². The number of carbonyl (C=O) groups excluding carboxylic acids is 3. The molecule has 0 bridgehead atoms. The first-order valence-corrected chi connectivity index (χ1v) is 14.0. The number of hydrogen-bond donors (Lipinski definition) is 3. The second kappa shape index (κ2) is 10.6. The summed E-state index contributed by atoms with van der Waals surface area (Å²) in [6.07, 6.45) is 5.09. The number of benzene rings is 3. The molecule has 3 N–H and O–H groups in total. The Hall–Kier alpha value is -4.27. The summed E-state index contributed by atoms with van der Waals surface area (Å²) in [6.45, 7) is 2.05. The van der Waals surface area contributed by atoms with Gasteiger partial charge in [0.25, 0.3) is 5.91 Å². The highest BCUT2D eigenvalue weighted by Gasteiger charge is 2.49. The summed E-state index contributed by atoms with van der Waals surface area (Å²) in [7, 11) is 0. The fourth-order valence-electron chi connectivity index (χ4n) is 6.27. The summed E-state index contributed by atoms with van der Waals surface area (Å²) in [5, 5.41) is 24.5. The van der Waals surface area contributed by atoms with Crippen LogP contribution in [0.4, 0.5) is 17.1 Å². The van der Waals surface area contributed by atoms with Crippen molar-refractivity contribution in [2.45, 2.75) is 50.8 Å². The van der Waals surface area contributed by atoms with E-state index in [1.807, 2.05) is 48.5 Å². The van der Waals surface area contributed by atoms with Gasteiger partial charge in [0.15, 0.2) is 5.60 Å². The average molecular weight is 552 g/mol. The van der Waals surface area contributed by atoms with Crippen molar-refractivity contribution < 1.29 is 24.6 Å². The molecule has 0 spiro atoms. The second-order valence-corrected chi connectivity index (χ2v) is 11.1. The summed E-state index contributed by atoms with van der Waals surface area (Å²) in [5.41, 5.74) is 3.68. The molecule has 0 radical (unpaired) electrons. The largest absolute Gasteiger partial charge is 0.394 e. The molecule has 0 aromatic heterocycles. The predicted octanol–water partition coefficient (Wildman–Crippen LogP) is 3.97. The molecule has 3 aliphatic rings. The maximum absolute atomic E-state index is 13.2. The topological polar surface area (TPSA) is 110 Å². The number of rotatable bonds is 6. The molecule has 0 fully saturated rings. The van der Waals surface area contributed by atoms with Gasteiger partial charge in [0, 0.05) is 42.2 Å². The van der Waals surface area contributed by atoms with Crippen molar-refractivity contribution in [1.82, 2.24) is 4.90 Å². The van der Waals surface area contributed by atoms with Crippen molar-refractivity contribution in [2.75, 3.05) is 16.8 Å². The summed E-state index contributed by atoms with van der Waals surface area (Å²) in [6, 6.07) is 20.6. The molecule has 3 atom stereocenters. The summed E-state index contributed by atoms with van der Waals surface area (Å²) < 4.78 is 0. The molecule has 3 aromatic rings. The predicted molar refractivity (Wildman–Crippen MR) is 155 cm³/mol. The van der Waals surface area contributed by atoms with Gasteiger partial charge in [0.1, 0.15) is 0 Å². The highest BCUT2D eigenvalue weighted by Crippen LogP contribution is 2.45. The number of carbonyl (C=O) groups is 3. The van der Waals surface area contributed by atoms with Gasteiger partial charge in [-0.3, -0.25) is 19.3 Å². The van der Waals surface area contributed by atoms with Crippen LogP contribution in [0.5, 0.6) is 0 Å². The first-order chi connectivity index (χ1) is 19.8. The number of aryl methyl sites for hydroxylation is 1. The lowest BCUT2D eigenvalue weighted by molar-refractivity contribution is -0.137. The van der Waals surface area contributed by atoms with Crippen LogP contribution in [0, 0.1) is 5.92 Å². The van der Waals surface area contributed by atoms with Crippen molar-refractivity contribution in [1.29, 1.82) is 0 Å². The second-order valence-electron chi connectivity index (χ2n) is 11.1. The van der Waals surface area contributed by atoms with E-state index in [0.29, 0.717) is 42.7 Å². The molecular weight excluding hydrogens is 518 g/mol. The van der Waals surface area contributed by atoms with Crippen molar-refractivity contribution in [3.05, 3.63) is 101 Å². The first kappa shape index (κ1) is 26.9. The Bertz CT molecular complexity index is 1570. The van der Waals surface area contributed by atoms with Crippen LogP contribution >= 0.6 is 0 Å². The molecular formula is C33H33N3O5. The standard InChI is InChI=1S/C33H33N3O5/c1-21(7-6-12-30(38)35-19-24-10-3-2-9-23(24)17-26(35)20-37)33(41)27-18-25(14-15-28(27)34-32(33)40)36-29-11-5-4-8-22(29)13-16-31(36)39/h2-11,14-15,18,21,26,37,41H,12-13,16-17,19-20H2,1H3,(H,34,40)/b7-6+/t21-,26+,33+/m1/s1. The molecule has 3 heterocycles. The fourth-order valence-corrected chi connectivity index (χ4v) is 6.27. The van der Waals surface area contributed by atoms with Crippen LogP contribution in [0.2, 0.25) is 0 Å². The number of aliphatic hydroxyl groups excluding tert-OH is 1. The third kappa shape index (κ3) is 4.63. The maximum Gasteiger partial charge on any atom is 0.261 e. The van der Waals surface area contributed by atoms with E-state index in [1.54, 1.807) is 47.1 Å². The normalized spacial score (nSPS) is 22.3. The van der Waals surface area contributed by atoms with Crippen molar-refractivity contribution in [3.63, 3.8) is 0 Å². The molecule has 0 saturated carbocycles. The van der Waals surface area contributed by atoms with Gasteiger partial charge < -0.3 is 20.4 Å². The lowest BCUT2D eigenvalue weighted by Gasteiger charge is -2.36. The van der Waals surface area contributed by atoms with Crippen LogP contribution in [0.25, 0.3) is 0 Å². The molecule has 8 nitrogen and oxygen atoms in total. The minimum atomic E-state index is -1.87. The fraction of sp³-hybridized carbons (Fsp3) is 0.303. The van der Waals surface area contributed by atoms with Crippen LogP contribution in [0.3, 0.4) is 0 Å². The number of nitrogens with zero attached hydrogens (tertiary/aromatic N) is 2. The van der Waals surface area contributed by atoms with E-state index in [4.69, 9.17) is 0 Å². The molecule has 3 aliphatic heterocycles. The summed E-state index contributed by atoms with van der Waals surface area (Å²) >= 11 is 0. The van der Waals surface area contributed by atoms with Crippen LogP contribution in [-0.2, 0) is 39.4 Å². The molecule has 0 unspecified atom stereocenters. The third-order valence-electron chi connectivity index (χ3n) is 8.62. The Balaban J connectivity index is 1.22. The Morgan fingerprint density at radius 2 is 1.78 bits per heavy atom. The molecule has 3 aromatic carbocycles. The smallest absolute Gasteiger partial charge is 0.261 e. The maximum atomic E-state index is 13.2. The van der Waals surface area contributed by atoms with E-state index in [1.165, 1.54) is 0 Å². The molecule has 6 rings (SSSR count). The number of aliphatic hydroxyl groups is 2. The lowest BCUT2D eigenvalue weighted by atomic mass is 9.82. The van der Waals surface area contributed by atoms with Gasteiger partial charge in [-0.15, -0.1) is 0 Å². The quantitative estimate of drug-likeness (QED) is 0.402. The molecule has 3 amide bonds. The molecule has 41 heavy (non-hydrogen) atoms. The summed E-state index contributed by atoms with van der Waals surface area (Å²) in [4.78, 5) is 42.6. The van der Waals surface area contributed by atoms with Gasteiger partial charge in [-0.2, -0.15) is 0 Å².